The summed E-state index contributed by atoms with van der Waals surface area (Å²) in [5.74, 6) is -0.461. The van der Waals surface area contributed by atoms with Crippen LogP contribution in [0, 0.1) is 6.92 Å². The normalized spacial score (nSPS) is 11.4. The summed E-state index contributed by atoms with van der Waals surface area (Å²) < 4.78 is 27.3. The number of nitrogens with zero attached hydrogens (tertiary/aromatic N) is 1. The van der Waals surface area contributed by atoms with Crippen LogP contribution < -0.4 is 10.1 Å². The number of hydrogen-bond donors (Lipinski definition) is 2. The molecule has 0 saturated heterocycles. The van der Waals surface area contributed by atoms with E-state index in [1.54, 1.807) is 30.3 Å². The van der Waals surface area contributed by atoms with Crippen LogP contribution in [-0.4, -0.2) is 20.5 Å². The maximum absolute atomic E-state index is 12.4. The second kappa shape index (κ2) is 9.30. The zero-order valence-electron chi connectivity index (χ0n) is 15.8. The van der Waals surface area contributed by atoms with Gasteiger partial charge in [-0.05, 0) is 49.4 Å². The number of aryl methyl sites for hydroxylation is 1. The molecule has 3 aromatic rings. The highest BCUT2D eigenvalue weighted by Gasteiger charge is 2.14. The van der Waals surface area contributed by atoms with Crippen molar-refractivity contribution in [2.24, 2.45) is 5.10 Å². The lowest BCUT2D eigenvalue weighted by molar-refractivity contribution is 0.0955. The van der Waals surface area contributed by atoms with Gasteiger partial charge in [-0.1, -0.05) is 53.0 Å². The molecule has 30 heavy (non-hydrogen) atoms. The van der Waals surface area contributed by atoms with Crippen LogP contribution in [0.5, 0.6) is 0 Å². The first-order chi connectivity index (χ1) is 14.3. The summed E-state index contributed by atoms with van der Waals surface area (Å²) in [6.07, 6.45) is 1.39. The number of anilines is 1. The number of rotatable bonds is 6. The molecule has 0 aliphatic rings. The van der Waals surface area contributed by atoms with Crippen LogP contribution in [0.4, 0.5) is 5.69 Å². The molecule has 9 heteroatoms. The Bertz CT molecular complexity index is 1190. The van der Waals surface area contributed by atoms with Gasteiger partial charge in [0, 0.05) is 16.8 Å². The maximum atomic E-state index is 12.4. The summed E-state index contributed by atoms with van der Waals surface area (Å²) in [4.78, 5) is 12.4. The number of nitrogens with one attached hydrogen (secondary N) is 2. The van der Waals surface area contributed by atoms with Crippen molar-refractivity contribution in [3.8, 4) is 0 Å². The average molecular weight is 462 g/mol. The lowest BCUT2D eigenvalue weighted by Crippen LogP contribution is -2.18. The molecule has 1 amide bonds. The van der Waals surface area contributed by atoms with Gasteiger partial charge >= 0.3 is 0 Å². The van der Waals surface area contributed by atoms with Crippen molar-refractivity contribution in [1.29, 1.82) is 0 Å². The Balaban J connectivity index is 1.65. The van der Waals surface area contributed by atoms with Crippen LogP contribution in [0.3, 0.4) is 0 Å². The van der Waals surface area contributed by atoms with Crippen LogP contribution in [0.1, 0.15) is 21.5 Å². The van der Waals surface area contributed by atoms with Crippen molar-refractivity contribution in [2.45, 2.75) is 11.8 Å². The van der Waals surface area contributed by atoms with Gasteiger partial charge in [0.15, 0.2) is 0 Å². The van der Waals surface area contributed by atoms with Crippen molar-refractivity contribution in [1.82, 2.24) is 5.43 Å². The standard InChI is InChI=1S/C21H17Cl2N3O3S/c1-14-5-11-18(12-6-14)30(28,29)26-17-9-7-15(8-10-17)21(27)25-24-13-16-3-2-4-19(22)20(16)23/h2-13,26H,1H3,(H,25,27). The fourth-order valence-electron chi connectivity index (χ4n) is 2.47. The number of carbonyl (C=O) groups excluding carboxylic acids is 1. The molecule has 0 saturated carbocycles. The van der Waals surface area contributed by atoms with Crippen molar-refractivity contribution in [3.63, 3.8) is 0 Å². The zero-order valence-corrected chi connectivity index (χ0v) is 18.1. The van der Waals surface area contributed by atoms with Gasteiger partial charge in [0.25, 0.3) is 15.9 Å². The van der Waals surface area contributed by atoms with Crippen molar-refractivity contribution < 1.29 is 13.2 Å². The summed E-state index contributed by atoms with van der Waals surface area (Å²) in [6, 6.07) is 17.6. The maximum Gasteiger partial charge on any atom is 0.271 e. The van der Waals surface area contributed by atoms with Crippen molar-refractivity contribution >= 4 is 51.0 Å². The summed E-state index contributed by atoms with van der Waals surface area (Å²) in [5, 5.41) is 4.59. The van der Waals surface area contributed by atoms with E-state index in [-0.39, 0.29) is 4.90 Å². The fraction of sp³-hybridized carbons (Fsp3) is 0.0476. The third kappa shape index (κ3) is 5.38. The molecule has 0 aliphatic carbocycles. The van der Waals surface area contributed by atoms with Gasteiger partial charge in [-0.2, -0.15) is 5.10 Å². The highest BCUT2D eigenvalue weighted by molar-refractivity contribution is 7.92. The molecular weight excluding hydrogens is 445 g/mol. The smallest absolute Gasteiger partial charge is 0.271 e. The van der Waals surface area contributed by atoms with E-state index in [9.17, 15) is 13.2 Å². The van der Waals surface area contributed by atoms with Crippen LogP contribution in [0.2, 0.25) is 10.0 Å². The molecular formula is C21H17Cl2N3O3S. The van der Waals surface area contributed by atoms with Gasteiger partial charge in [0.1, 0.15) is 0 Å². The van der Waals surface area contributed by atoms with E-state index >= 15 is 0 Å². The molecule has 0 aliphatic heterocycles. The minimum Gasteiger partial charge on any atom is -0.280 e. The second-order valence-corrected chi connectivity index (χ2v) is 8.81. The number of benzene rings is 3. The van der Waals surface area contributed by atoms with Gasteiger partial charge in [-0.15, -0.1) is 0 Å². The van der Waals surface area contributed by atoms with E-state index in [2.05, 4.69) is 15.2 Å². The summed E-state index contributed by atoms with van der Waals surface area (Å²) in [6.45, 7) is 1.88. The SMILES string of the molecule is Cc1ccc(S(=O)(=O)Nc2ccc(C(=O)NN=Cc3cccc(Cl)c3Cl)cc2)cc1. The van der Waals surface area contributed by atoms with Crippen molar-refractivity contribution in [3.05, 3.63) is 93.5 Å². The minimum atomic E-state index is -3.71. The molecule has 6 nitrogen and oxygen atoms in total. The van der Waals surface area contributed by atoms with Gasteiger partial charge < -0.3 is 0 Å². The van der Waals surface area contributed by atoms with Gasteiger partial charge in [0.2, 0.25) is 0 Å². The lowest BCUT2D eigenvalue weighted by Gasteiger charge is -2.09. The predicted octanol–water partition coefficient (Wildman–Crippen LogP) is 4.87. The van der Waals surface area contributed by atoms with E-state index < -0.39 is 15.9 Å². The molecule has 0 atom stereocenters. The molecule has 3 aromatic carbocycles. The molecule has 0 fully saturated rings. The Morgan fingerprint density at radius 3 is 2.30 bits per heavy atom. The number of amides is 1. The van der Waals surface area contributed by atoms with E-state index in [1.807, 2.05) is 6.92 Å². The lowest BCUT2D eigenvalue weighted by atomic mass is 10.2. The third-order valence-electron chi connectivity index (χ3n) is 4.08. The molecule has 0 spiro atoms. The minimum absolute atomic E-state index is 0.156. The number of hydrogen-bond acceptors (Lipinski definition) is 4. The molecule has 0 aromatic heterocycles. The Kier molecular flexibility index (Phi) is 6.77. The number of hydrazone groups is 1. The van der Waals surface area contributed by atoms with Crippen LogP contribution in [0.25, 0.3) is 0 Å². The topological polar surface area (TPSA) is 87.6 Å². The first-order valence-electron chi connectivity index (χ1n) is 8.73. The van der Waals surface area contributed by atoms with E-state index in [0.29, 0.717) is 26.9 Å². The number of carbonyl (C=O) groups is 1. The van der Waals surface area contributed by atoms with Crippen LogP contribution >= 0.6 is 23.2 Å². The monoisotopic (exact) mass is 461 g/mol. The first-order valence-corrected chi connectivity index (χ1v) is 11.0. The molecule has 154 valence electrons. The Morgan fingerprint density at radius 2 is 1.63 bits per heavy atom. The molecule has 0 unspecified atom stereocenters. The van der Waals surface area contributed by atoms with E-state index in [0.717, 1.165) is 5.56 Å². The summed E-state index contributed by atoms with van der Waals surface area (Å²) >= 11 is 12.0. The predicted molar refractivity (Wildman–Crippen MR) is 120 cm³/mol. The molecule has 3 rings (SSSR count). The van der Waals surface area contributed by atoms with Crippen LogP contribution in [-0.2, 0) is 10.0 Å². The van der Waals surface area contributed by atoms with Gasteiger partial charge in [-0.25, -0.2) is 13.8 Å². The van der Waals surface area contributed by atoms with Gasteiger partial charge in [0.05, 0.1) is 21.2 Å². The van der Waals surface area contributed by atoms with E-state index in [1.165, 1.54) is 42.6 Å². The fourth-order valence-corrected chi connectivity index (χ4v) is 3.88. The quantitative estimate of drug-likeness (QED) is 0.405. The molecule has 0 heterocycles. The number of sulfonamides is 1. The highest BCUT2D eigenvalue weighted by atomic mass is 35.5. The zero-order chi connectivity index (χ0) is 21.7. The Morgan fingerprint density at radius 1 is 0.967 bits per heavy atom. The van der Waals surface area contributed by atoms with Crippen LogP contribution in [0.15, 0.2) is 76.7 Å². The second-order valence-electron chi connectivity index (χ2n) is 6.34. The molecule has 0 radical (unpaired) electrons. The Labute approximate surface area is 184 Å². The Hall–Kier alpha value is -2.87. The molecule has 2 N–H and O–H groups in total. The summed E-state index contributed by atoms with van der Waals surface area (Å²) in [7, 11) is -3.71. The largest absolute Gasteiger partial charge is 0.280 e. The third-order valence-corrected chi connectivity index (χ3v) is 6.31. The number of halogens is 2. The summed E-state index contributed by atoms with van der Waals surface area (Å²) in [5.41, 5.74) is 4.55. The van der Waals surface area contributed by atoms with Crippen molar-refractivity contribution in [2.75, 3.05) is 4.72 Å². The molecule has 0 bridgehead atoms. The first kappa shape index (κ1) is 21.8. The highest BCUT2D eigenvalue weighted by Crippen LogP contribution is 2.24. The van der Waals surface area contributed by atoms with E-state index in [4.69, 9.17) is 23.2 Å². The van der Waals surface area contributed by atoms with Gasteiger partial charge in [-0.3, -0.25) is 9.52 Å². The average Bonchev–Trinajstić information content (AvgIpc) is 2.71.